The summed E-state index contributed by atoms with van der Waals surface area (Å²) >= 11 is 0. The molecule has 0 spiro atoms. The summed E-state index contributed by atoms with van der Waals surface area (Å²) in [5, 5.41) is 0. The molecule has 108 valence electrons. The Hall–Kier alpha value is -1.02. The van der Waals surface area contributed by atoms with Gasteiger partial charge in [0.05, 0.1) is 15.3 Å². The summed E-state index contributed by atoms with van der Waals surface area (Å²) < 4.78 is 159. The maximum Gasteiger partial charge on any atom is 0.119 e. The minimum absolute atomic E-state index is 0.428. The average Bonchev–Trinajstić information content (AvgIpc) is 2.75. The Morgan fingerprint density at radius 2 is 2.50 bits per heavy atom. The van der Waals surface area contributed by atoms with Crippen LogP contribution in [0.3, 0.4) is 0 Å². The highest BCUT2D eigenvalue weighted by molar-refractivity contribution is 5.45. The van der Waals surface area contributed by atoms with E-state index in [-0.39, 0.29) is 0 Å². The summed E-state index contributed by atoms with van der Waals surface area (Å²) in [6.07, 6.45) is -19.0. The van der Waals surface area contributed by atoms with Crippen molar-refractivity contribution >= 4 is 0 Å². The van der Waals surface area contributed by atoms with E-state index < -0.39 is 104 Å². The highest BCUT2D eigenvalue weighted by Crippen LogP contribution is 2.55. The number of benzene rings is 1. The second-order valence-electron chi connectivity index (χ2n) is 4.98. The molecule has 1 aliphatic heterocycles. The molecule has 0 N–H and O–H groups in total. The minimum atomic E-state index is -3.81. The van der Waals surface area contributed by atoms with Gasteiger partial charge in [-0.2, -0.15) is 0 Å². The second-order valence-corrected chi connectivity index (χ2v) is 4.98. The van der Waals surface area contributed by atoms with E-state index in [9.17, 15) is 2.74 Å². The third-order valence-electron chi connectivity index (χ3n) is 3.96. The van der Waals surface area contributed by atoms with Gasteiger partial charge in [0.25, 0.3) is 0 Å². The lowest BCUT2D eigenvalue weighted by Crippen LogP contribution is -2.59. The van der Waals surface area contributed by atoms with Crippen molar-refractivity contribution in [3.63, 3.8) is 0 Å². The number of ether oxygens (including phenoxy) is 1. The van der Waals surface area contributed by atoms with Gasteiger partial charge in [-0.25, -0.2) is 0 Å². The van der Waals surface area contributed by atoms with Crippen LogP contribution in [0.4, 0.5) is 0 Å². The summed E-state index contributed by atoms with van der Waals surface area (Å²) in [6.45, 7) is -0.428. The van der Waals surface area contributed by atoms with Crippen LogP contribution in [0.1, 0.15) is 67.7 Å². The minimum Gasteiger partial charge on any atom is -0.497 e. The van der Waals surface area contributed by atoms with Crippen LogP contribution >= 0.6 is 0 Å². The van der Waals surface area contributed by atoms with Crippen LogP contribution in [-0.2, 0) is 11.8 Å². The van der Waals surface area contributed by atoms with E-state index in [0.29, 0.717) is 0 Å². The lowest BCUT2D eigenvalue weighted by Gasteiger charge is -2.58. The quantitative estimate of drug-likeness (QED) is 0.786. The first-order chi connectivity index (χ1) is 16.7. The molecule has 2 fully saturated rings. The number of fused-ring (bicyclic) bond motifs is 1. The van der Waals surface area contributed by atoms with Crippen LogP contribution in [0.5, 0.6) is 5.75 Å². The van der Waals surface area contributed by atoms with E-state index in [2.05, 4.69) is 0 Å². The average molecular weight is 290 g/mol. The molecule has 2 bridgehead atoms. The van der Waals surface area contributed by atoms with Crippen LogP contribution in [-0.4, -0.2) is 31.5 Å². The molecular weight excluding hydrogens is 246 g/mol. The molecule has 1 aromatic rings. The lowest BCUT2D eigenvalue weighted by molar-refractivity contribution is 0.00274. The zero-order valence-corrected chi connectivity index (χ0v) is 10.8. The van der Waals surface area contributed by atoms with Gasteiger partial charge in [0, 0.05) is 27.9 Å². The Balaban J connectivity index is 2.38. The predicted octanol–water partition coefficient (Wildman–Crippen LogP) is 3.38. The Morgan fingerprint density at radius 1 is 1.55 bits per heavy atom. The second kappa shape index (κ2) is 4.49. The molecule has 4 rings (SSSR count). The fraction of sp³-hybridized carbons (Fsp3) is 0.667. The summed E-state index contributed by atoms with van der Waals surface area (Å²) in [6, 6.07) is -6.56. The number of hydrogen-bond acceptors (Lipinski definition) is 2. The highest BCUT2D eigenvalue weighted by Gasteiger charge is 2.53. The van der Waals surface area contributed by atoms with E-state index in [1.165, 1.54) is 0 Å². The Morgan fingerprint density at radius 3 is 3.40 bits per heavy atom. The molecule has 1 saturated heterocycles. The Kier molecular flexibility index (Phi) is 0.862. The number of methoxy groups -OCH3 is 1. The van der Waals surface area contributed by atoms with E-state index >= 15 is 0 Å². The number of likely N-dealkylation sites (tertiary alicyclic amines) is 1. The molecule has 2 nitrogen and oxygen atoms in total. The van der Waals surface area contributed by atoms with Crippen molar-refractivity contribution in [3.8, 4) is 5.75 Å². The van der Waals surface area contributed by atoms with Crippen molar-refractivity contribution in [1.82, 2.24) is 4.90 Å². The van der Waals surface area contributed by atoms with Crippen molar-refractivity contribution in [2.75, 3.05) is 20.6 Å². The summed E-state index contributed by atoms with van der Waals surface area (Å²) in [5.41, 5.74) is -4.95. The molecule has 1 aromatic carbocycles. The molecule has 0 amide bonds. The molecular formula is C18H25NO. The summed E-state index contributed by atoms with van der Waals surface area (Å²) in [7, 11) is -2.16. The summed E-state index contributed by atoms with van der Waals surface area (Å²) in [5.74, 6) is -4.64. The largest absolute Gasteiger partial charge is 0.497 e. The number of nitrogens with zero attached hydrogens (tertiary/aromatic N) is 1. The van der Waals surface area contributed by atoms with Crippen molar-refractivity contribution < 1.29 is 29.4 Å². The first-order valence-corrected chi connectivity index (χ1v) is 6.25. The van der Waals surface area contributed by atoms with Gasteiger partial charge in [-0.15, -0.1) is 0 Å². The maximum atomic E-state index is 9.52. The zero-order valence-electron chi connectivity index (χ0n) is 28.8. The molecule has 1 heterocycles. The smallest absolute Gasteiger partial charge is 0.119 e. The molecule has 0 aromatic heterocycles. The highest BCUT2D eigenvalue weighted by atomic mass is 16.5. The van der Waals surface area contributed by atoms with Gasteiger partial charge in [0.2, 0.25) is 0 Å². The number of hydrogen-bond donors (Lipinski definition) is 0. The third-order valence-corrected chi connectivity index (χ3v) is 3.96. The van der Waals surface area contributed by atoms with Crippen molar-refractivity contribution in [2.45, 2.75) is 49.7 Å². The maximum absolute atomic E-state index is 9.52. The molecule has 3 aliphatic rings. The van der Waals surface area contributed by atoms with Crippen LogP contribution < -0.4 is 4.74 Å². The fourth-order valence-electron chi connectivity index (χ4n) is 2.93. The summed E-state index contributed by atoms with van der Waals surface area (Å²) in [4.78, 5) is 0.881. The zero-order chi connectivity index (χ0) is 29.7. The SMILES string of the molecule is [2H]c1c([2H])c2c(c([2H])c1OC([2H])([2H])[2H])[C@@]13CCN(C)[C@@]([2H])(C2([2H])[2H])[C@@]1([2H])C([2H])([2H])C([2H])([2H])C([2H])([2H])C3([2H])[2H]. The van der Waals surface area contributed by atoms with Gasteiger partial charge in [-0.1, -0.05) is 18.8 Å². The standard InChI is InChI=1S/C18H25NO/c1-19-10-9-18-8-4-3-5-15(18)17(19)11-13-6-7-14(20-2)12-16(13)18/h6-7,12,15,17H,3-5,8-11H2,1-2H3/t15-,17+,18+/m1/s1/i2D3,3D2,4D2,5D2,6D,7D,8D2,11D2,12D,15D,17D. The Bertz CT molecular complexity index is 1220. The molecule has 20 heavy (non-hydrogen) atoms. The van der Waals surface area contributed by atoms with Crippen molar-refractivity contribution in [1.29, 1.82) is 0 Å². The fourth-order valence-corrected chi connectivity index (χ4v) is 2.93. The first-order valence-electron chi connectivity index (χ1n) is 15.2. The predicted molar refractivity (Wildman–Crippen MR) is 81.4 cm³/mol. The van der Waals surface area contributed by atoms with Crippen LogP contribution in [0.2, 0.25) is 0 Å². The molecule has 2 heteroatoms. The van der Waals surface area contributed by atoms with Gasteiger partial charge >= 0.3 is 0 Å². The topological polar surface area (TPSA) is 12.5 Å². The molecule has 0 radical (unpaired) electrons. The van der Waals surface area contributed by atoms with Gasteiger partial charge in [0.1, 0.15) is 5.75 Å². The number of likely N-dealkylation sites (N-methyl/N-ethyl adjacent to an activating group) is 1. The molecule has 3 atom stereocenters. The van der Waals surface area contributed by atoms with Crippen LogP contribution in [0, 0.1) is 5.89 Å². The van der Waals surface area contributed by atoms with E-state index in [0.717, 1.165) is 11.9 Å². The van der Waals surface area contributed by atoms with E-state index in [1.807, 2.05) is 0 Å². The van der Waals surface area contributed by atoms with Gasteiger partial charge in [-0.3, -0.25) is 0 Å². The van der Waals surface area contributed by atoms with Gasteiger partial charge < -0.3 is 9.64 Å². The van der Waals surface area contributed by atoms with Crippen molar-refractivity contribution in [3.05, 3.63) is 29.3 Å². The molecule has 0 unspecified atom stereocenters. The number of piperidine rings is 1. The molecule has 1 saturated carbocycles. The molecule has 2 aliphatic carbocycles. The monoisotopic (exact) mass is 289 g/mol. The van der Waals surface area contributed by atoms with Gasteiger partial charge in [0.15, 0.2) is 0 Å². The first kappa shape index (κ1) is 3.84. The van der Waals surface area contributed by atoms with Crippen molar-refractivity contribution in [2.24, 2.45) is 5.89 Å². The van der Waals surface area contributed by atoms with E-state index in [1.54, 1.807) is 0 Å². The van der Waals surface area contributed by atoms with Gasteiger partial charge in [-0.05, 0) is 68.2 Å². The Labute approximate surface area is 147 Å². The van der Waals surface area contributed by atoms with E-state index in [4.69, 9.17) is 26.7 Å². The van der Waals surface area contributed by atoms with Crippen LogP contribution in [0.15, 0.2) is 18.1 Å². The third kappa shape index (κ3) is 1.60. The van der Waals surface area contributed by atoms with Crippen LogP contribution in [0.25, 0.3) is 0 Å². The number of rotatable bonds is 1. The lowest BCUT2D eigenvalue weighted by atomic mass is 9.52. The normalized spacial score (nSPS) is 69.8.